The van der Waals surface area contributed by atoms with Gasteiger partial charge >= 0.3 is 0 Å². The number of nitrogens with two attached hydrogens (primary N) is 1. The number of carbonyl (C=O) groups excluding carboxylic acids is 1. The number of benzene rings is 1. The molecule has 2 aromatic rings. The van der Waals surface area contributed by atoms with E-state index in [0.717, 1.165) is 31.5 Å². The highest BCUT2D eigenvalue weighted by Crippen LogP contribution is 2.53. The molecule has 1 aromatic carbocycles. The number of fused-ring (bicyclic) bond motifs is 2. The predicted octanol–water partition coefficient (Wildman–Crippen LogP) is 4.12. The SMILES string of the molecule is COC1(c2ccnc(C(N)=O)c2)C2CCCC1CN([C@@H]1CC[C@@H]1c1ccccc1)C2.Cl. The quantitative estimate of drug-likeness (QED) is 0.757. The summed E-state index contributed by atoms with van der Waals surface area (Å²) in [4.78, 5) is 18.6. The van der Waals surface area contributed by atoms with Gasteiger partial charge in [0, 0.05) is 44.3 Å². The van der Waals surface area contributed by atoms with Crippen LogP contribution in [0.25, 0.3) is 0 Å². The molecular formula is C25H32ClN3O2. The minimum absolute atomic E-state index is 0. The molecule has 4 atom stereocenters. The number of hydrogen-bond donors (Lipinski definition) is 1. The summed E-state index contributed by atoms with van der Waals surface area (Å²) >= 11 is 0. The molecule has 1 saturated heterocycles. The number of methoxy groups -OCH3 is 1. The third-order valence-electron chi connectivity index (χ3n) is 7.96. The maximum atomic E-state index is 11.7. The van der Waals surface area contributed by atoms with E-state index in [1.54, 1.807) is 6.20 Å². The van der Waals surface area contributed by atoms with Crippen molar-refractivity contribution in [2.24, 2.45) is 17.6 Å². The van der Waals surface area contributed by atoms with Gasteiger partial charge < -0.3 is 10.5 Å². The van der Waals surface area contributed by atoms with Crippen LogP contribution in [0.1, 0.15) is 59.6 Å². The van der Waals surface area contributed by atoms with Crippen molar-refractivity contribution in [2.75, 3.05) is 20.2 Å². The maximum absolute atomic E-state index is 11.7. The number of aromatic nitrogens is 1. The zero-order valence-corrected chi connectivity index (χ0v) is 18.9. The maximum Gasteiger partial charge on any atom is 0.267 e. The monoisotopic (exact) mass is 441 g/mol. The zero-order chi connectivity index (χ0) is 20.7. The van der Waals surface area contributed by atoms with Gasteiger partial charge in [-0.15, -0.1) is 12.4 Å². The molecule has 1 aliphatic heterocycles. The number of amides is 1. The Hall–Kier alpha value is -1.95. The van der Waals surface area contributed by atoms with Crippen LogP contribution in [-0.2, 0) is 10.3 Å². The first-order valence-electron chi connectivity index (χ1n) is 11.2. The van der Waals surface area contributed by atoms with Crippen LogP contribution in [0.3, 0.4) is 0 Å². The lowest BCUT2D eigenvalue weighted by Gasteiger charge is -2.58. The highest BCUT2D eigenvalue weighted by molar-refractivity contribution is 5.90. The third-order valence-corrected chi connectivity index (χ3v) is 7.96. The number of rotatable bonds is 5. The lowest BCUT2D eigenvalue weighted by Crippen LogP contribution is -2.62. The molecule has 2 heterocycles. The summed E-state index contributed by atoms with van der Waals surface area (Å²) in [5.41, 5.74) is 8.03. The number of hydrogen-bond acceptors (Lipinski definition) is 4. The Morgan fingerprint density at radius 1 is 1.10 bits per heavy atom. The molecule has 5 rings (SSSR count). The molecule has 0 spiro atoms. The van der Waals surface area contributed by atoms with Gasteiger partial charge in [-0.1, -0.05) is 36.8 Å². The summed E-state index contributed by atoms with van der Waals surface area (Å²) in [6.45, 7) is 2.10. The third kappa shape index (κ3) is 3.67. The standard InChI is InChI=1S/C25H31N3O2.ClH/c1-30-25(18-12-13-27-22(14-18)24(26)29)19-8-5-9-20(25)16-28(15-19)23-11-10-21(23)17-6-3-2-4-7-17;/h2-4,6-7,12-14,19-21,23H,5,8-11,15-16H2,1H3,(H2,26,29);1H/t19?,20?,21-,23-,25?;/m1./s1. The molecule has 1 amide bonds. The molecule has 31 heavy (non-hydrogen) atoms. The topological polar surface area (TPSA) is 68.5 Å². The summed E-state index contributed by atoms with van der Waals surface area (Å²) in [6, 6.07) is 15.5. The molecule has 0 radical (unpaired) electrons. The van der Waals surface area contributed by atoms with E-state index in [2.05, 4.69) is 40.2 Å². The first-order valence-corrected chi connectivity index (χ1v) is 11.2. The van der Waals surface area contributed by atoms with Crippen LogP contribution in [0.5, 0.6) is 0 Å². The van der Waals surface area contributed by atoms with E-state index >= 15 is 0 Å². The second kappa shape index (κ2) is 8.89. The molecule has 3 aliphatic rings. The van der Waals surface area contributed by atoms with Crippen LogP contribution in [0.4, 0.5) is 0 Å². The first-order chi connectivity index (χ1) is 14.6. The minimum Gasteiger partial charge on any atom is -0.373 e. The Labute approximate surface area is 190 Å². The Morgan fingerprint density at radius 2 is 1.81 bits per heavy atom. The number of primary amides is 1. The second-order valence-corrected chi connectivity index (χ2v) is 9.23. The fraction of sp³-hybridized carbons (Fsp3) is 0.520. The molecule has 1 aromatic heterocycles. The van der Waals surface area contributed by atoms with Gasteiger partial charge in [0.1, 0.15) is 11.3 Å². The van der Waals surface area contributed by atoms with E-state index in [4.69, 9.17) is 10.5 Å². The van der Waals surface area contributed by atoms with Crippen LogP contribution in [0, 0.1) is 11.8 Å². The van der Waals surface area contributed by atoms with Crippen molar-refractivity contribution in [1.82, 2.24) is 9.88 Å². The zero-order valence-electron chi connectivity index (χ0n) is 18.1. The average molecular weight is 442 g/mol. The molecule has 5 nitrogen and oxygen atoms in total. The van der Waals surface area contributed by atoms with Crippen molar-refractivity contribution < 1.29 is 9.53 Å². The highest BCUT2D eigenvalue weighted by atomic mass is 35.5. The van der Waals surface area contributed by atoms with Gasteiger partial charge in [-0.05, 0) is 54.9 Å². The number of ether oxygens (including phenoxy) is 1. The number of pyridine rings is 1. The molecule has 2 saturated carbocycles. The van der Waals surface area contributed by atoms with Gasteiger partial charge in [-0.3, -0.25) is 14.7 Å². The van der Waals surface area contributed by atoms with Crippen LogP contribution in [-0.4, -0.2) is 42.0 Å². The molecule has 2 bridgehead atoms. The smallest absolute Gasteiger partial charge is 0.267 e. The van der Waals surface area contributed by atoms with E-state index < -0.39 is 5.91 Å². The number of likely N-dealkylation sites (tertiary alicyclic amines) is 1. The van der Waals surface area contributed by atoms with E-state index in [1.165, 1.54) is 24.8 Å². The number of halogens is 1. The van der Waals surface area contributed by atoms with Crippen molar-refractivity contribution in [1.29, 1.82) is 0 Å². The lowest BCUT2D eigenvalue weighted by molar-refractivity contribution is -0.179. The lowest BCUT2D eigenvalue weighted by atomic mass is 9.61. The molecule has 2 aliphatic carbocycles. The van der Waals surface area contributed by atoms with Crippen molar-refractivity contribution in [2.45, 2.75) is 49.7 Å². The largest absolute Gasteiger partial charge is 0.373 e. The highest BCUT2D eigenvalue weighted by Gasteiger charge is 2.55. The molecular weight excluding hydrogens is 410 g/mol. The Morgan fingerprint density at radius 3 is 2.39 bits per heavy atom. The Kier molecular flexibility index (Phi) is 6.38. The average Bonchev–Trinajstić information content (AvgIpc) is 2.73. The van der Waals surface area contributed by atoms with Gasteiger partial charge in [-0.2, -0.15) is 0 Å². The van der Waals surface area contributed by atoms with Gasteiger partial charge in [0.05, 0.1) is 0 Å². The first kappa shape index (κ1) is 22.3. The molecule has 2 N–H and O–H groups in total. The summed E-state index contributed by atoms with van der Waals surface area (Å²) < 4.78 is 6.35. The summed E-state index contributed by atoms with van der Waals surface area (Å²) in [5, 5.41) is 0. The number of piperidine rings is 1. The van der Waals surface area contributed by atoms with E-state index in [-0.39, 0.29) is 18.0 Å². The number of nitrogens with zero attached hydrogens (tertiary/aromatic N) is 2. The van der Waals surface area contributed by atoms with Crippen molar-refractivity contribution >= 4 is 18.3 Å². The molecule has 6 heteroatoms. The summed E-state index contributed by atoms with van der Waals surface area (Å²) in [5.74, 6) is 0.987. The van der Waals surface area contributed by atoms with Gasteiger partial charge in [0.25, 0.3) is 5.91 Å². The van der Waals surface area contributed by atoms with Crippen LogP contribution in [0.2, 0.25) is 0 Å². The van der Waals surface area contributed by atoms with E-state index in [9.17, 15) is 4.79 Å². The van der Waals surface area contributed by atoms with E-state index in [1.807, 2.05) is 19.2 Å². The van der Waals surface area contributed by atoms with Crippen LogP contribution < -0.4 is 5.73 Å². The molecule has 2 unspecified atom stereocenters. The van der Waals surface area contributed by atoms with Crippen molar-refractivity contribution in [3.8, 4) is 0 Å². The minimum atomic E-state index is -0.481. The second-order valence-electron chi connectivity index (χ2n) is 9.23. The van der Waals surface area contributed by atoms with Gasteiger partial charge in [0.2, 0.25) is 0 Å². The van der Waals surface area contributed by atoms with E-state index in [0.29, 0.717) is 29.5 Å². The Bertz CT molecular complexity index is 908. The predicted molar refractivity (Wildman–Crippen MR) is 123 cm³/mol. The fourth-order valence-corrected chi connectivity index (χ4v) is 6.48. The normalized spacial score (nSPS) is 32.5. The Balaban J connectivity index is 0.00000231. The van der Waals surface area contributed by atoms with Crippen LogP contribution >= 0.6 is 12.4 Å². The number of carbonyl (C=O) groups is 1. The van der Waals surface area contributed by atoms with Crippen molar-refractivity contribution in [3.63, 3.8) is 0 Å². The van der Waals surface area contributed by atoms with Gasteiger partial charge in [0.15, 0.2) is 0 Å². The molecule has 166 valence electrons. The van der Waals surface area contributed by atoms with Crippen LogP contribution in [0.15, 0.2) is 48.7 Å². The van der Waals surface area contributed by atoms with Gasteiger partial charge in [-0.25, -0.2) is 0 Å². The summed E-state index contributed by atoms with van der Waals surface area (Å²) in [6.07, 6.45) is 7.81. The fourth-order valence-electron chi connectivity index (χ4n) is 6.48. The molecule has 3 fully saturated rings. The summed E-state index contributed by atoms with van der Waals surface area (Å²) in [7, 11) is 1.83. The van der Waals surface area contributed by atoms with Crippen molar-refractivity contribution in [3.05, 3.63) is 65.5 Å².